The van der Waals surface area contributed by atoms with Crippen LogP contribution in [0.3, 0.4) is 0 Å². The molecule has 2 heteroatoms. The molecule has 1 aliphatic rings. The average Bonchev–Trinajstić information content (AvgIpc) is 3.17. The van der Waals surface area contributed by atoms with Crippen molar-refractivity contribution in [1.29, 1.82) is 0 Å². The van der Waals surface area contributed by atoms with Crippen molar-refractivity contribution in [3.05, 3.63) is 132 Å². The molecule has 0 saturated carbocycles. The zero-order valence-electron chi connectivity index (χ0n) is 26.4. The van der Waals surface area contributed by atoms with Gasteiger partial charge in [0, 0.05) is 49.1 Å². The van der Waals surface area contributed by atoms with Gasteiger partial charge in [0.25, 0.3) is 0 Å². The number of rotatable bonds is 9. The highest BCUT2D eigenvalue weighted by Crippen LogP contribution is 2.42. The number of benzene rings is 3. The van der Waals surface area contributed by atoms with Gasteiger partial charge in [-0.25, -0.2) is 0 Å². The van der Waals surface area contributed by atoms with Gasteiger partial charge in [-0.15, -0.1) is 0 Å². The number of aromatic nitrogens is 2. The second kappa shape index (κ2) is 12.7. The molecule has 0 fully saturated rings. The third kappa shape index (κ3) is 5.68. The van der Waals surface area contributed by atoms with E-state index in [1.807, 2.05) is 0 Å². The van der Waals surface area contributed by atoms with Crippen LogP contribution in [0.2, 0.25) is 0 Å². The van der Waals surface area contributed by atoms with Gasteiger partial charge < -0.3 is 0 Å². The zero-order valence-corrected chi connectivity index (χ0v) is 26.4. The fraction of sp³-hybridized carbons (Fsp3) is 0.317. The molecule has 0 aliphatic carbocycles. The lowest BCUT2D eigenvalue weighted by atomic mass is 9.80. The molecule has 6 rings (SSSR count). The van der Waals surface area contributed by atoms with E-state index in [0.717, 1.165) is 32.2 Å². The van der Waals surface area contributed by atoms with Gasteiger partial charge in [-0.2, -0.15) is 9.13 Å². The predicted molar refractivity (Wildman–Crippen MR) is 179 cm³/mol. The van der Waals surface area contributed by atoms with Crippen LogP contribution in [0.25, 0.3) is 33.6 Å². The van der Waals surface area contributed by atoms with Gasteiger partial charge in [-0.1, -0.05) is 87.9 Å². The smallest absolute Gasteiger partial charge is 0.198 e. The van der Waals surface area contributed by atoms with Crippen molar-refractivity contribution in [1.82, 2.24) is 0 Å². The average molecular weight is 567 g/mol. The molecule has 0 N–H and O–H groups in total. The highest BCUT2D eigenvalue weighted by molar-refractivity contribution is 5.70. The summed E-state index contributed by atoms with van der Waals surface area (Å²) in [6, 6.07) is 38.5. The maximum Gasteiger partial charge on any atom is 0.213 e. The number of nitrogens with zero attached hydrogens (tertiary/aromatic N) is 2. The minimum Gasteiger partial charge on any atom is -0.198 e. The van der Waals surface area contributed by atoms with Crippen molar-refractivity contribution in [3.8, 4) is 33.6 Å². The number of hydrogen-bond donors (Lipinski definition) is 0. The van der Waals surface area contributed by atoms with Gasteiger partial charge in [-0.05, 0) is 65.8 Å². The molecule has 0 spiro atoms. The number of aryl methyl sites for hydroxylation is 2. The van der Waals surface area contributed by atoms with Gasteiger partial charge in [0.2, 0.25) is 11.4 Å². The third-order valence-electron chi connectivity index (χ3n) is 9.95. The van der Waals surface area contributed by atoms with Crippen LogP contribution in [-0.2, 0) is 18.5 Å². The Kier molecular flexibility index (Phi) is 8.56. The Morgan fingerprint density at radius 3 is 2.23 bits per heavy atom. The SMILES string of the molecule is CCCCc1ccc2c(c1)-c1cccc[n+]1C(CC)(CC)CC2C[n+]1ccc(-c2ccccc2)cc1-c1ccccc1C. The minimum atomic E-state index is 0.0667. The number of fused-ring (bicyclic) bond motifs is 3. The van der Waals surface area contributed by atoms with E-state index < -0.39 is 0 Å². The molecule has 2 aromatic heterocycles. The Labute approximate surface area is 258 Å². The lowest BCUT2D eigenvalue weighted by Crippen LogP contribution is -2.57. The Morgan fingerprint density at radius 1 is 0.698 bits per heavy atom. The molecular formula is C41H46N2+2. The zero-order chi connectivity index (χ0) is 29.8. The number of unbranched alkanes of at least 4 members (excludes halogenated alkanes) is 1. The lowest BCUT2D eigenvalue weighted by Gasteiger charge is -2.28. The van der Waals surface area contributed by atoms with Crippen LogP contribution in [0.15, 0.2) is 116 Å². The maximum absolute atomic E-state index is 2.63. The summed E-state index contributed by atoms with van der Waals surface area (Å²) in [6.45, 7) is 10.2. The van der Waals surface area contributed by atoms with Crippen LogP contribution >= 0.6 is 0 Å². The van der Waals surface area contributed by atoms with Gasteiger partial charge in [-0.3, -0.25) is 0 Å². The molecule has 43 heavy (non-hydrogen) atoms. The van der Waals surface area contributed by atoms with E-state index in [2.05, 4.69) is 152 Å². The summed E-state index contributed by atoms with van der Waals surface area (Å²) in [5.74, 6) is 0.380. The van der Waals surface area contributed by atoms with Crippen molar-refractivity contribution in [2.45, 2.75) is 84.2 Å². The van der Waals surface area contributed by atoms with Crippen LogP contribution in [0, 0.1) is 6.92 Å². The van der Waals surface area contributed by atoms with Gasteiger partial charge in [0.15, 0.2) is 24.5 Å². The standard InChI is InChI=1S/C41H46N2/c1-5-8-17-32-22-23-37-35(29-41(6-2,7-3)43-25-15-14-21-39(43)38(37)27-32)30-42-26-24-34(33-18-10-9-11-19-33)28-40(42)36-20-13-12-16-31(36)4/h9-16,18-28,35H,5-8,17,29-30H2,1-4H3/q+2. The van der Waals surface area contributed by atoms with E-state index in [4.69, 9.17) is 0 Å². The summed E-state index contributed by atoms with van der Waals surface area (Å²) >= 11 is 0. The molecule has 1 atom stereocenters. The van der Waals surface area contributed by atoms with Crippen molar-refractivity contribution in [3.63, 3.8) is 0 Å². The summed E-state index contributed by atoms with van der Waals surface area (Å²) in [5.41, 5.74) is 12.2. The van der Waals surface area contributed by atoms with Crippen molar-refractivity contribution in [2.75, 3.05) is 0 Å². The van der Waals surface area contributed by atoms with Gasteiger partial charge in [0.05, 0.1) is 11.5 Å². The van der Waals surface area contributed by atoms with Crippen molar-refractivity contribution < 1.29 is 9.13 Å². The van der Waals surface area contributed by atoms with Crippen LogP contribution in [0.1, 0.15) is 75.5 Å². The van der Waals surface area contributed by atoms with Crippen molar-refractivity contribution >= 4 is 0 Å². The van der Waals surface area contributed by atoms with Gasteiger partial charge >= 0.3 is 0 Å². The predicted octanol–water partition coefficient (Wildman–Crippen LogP) is 9.62. The maximum atomic E-state index is 2.63. The largest absolute Gasteiger partial charge is 0.213 e. The summed E-state index contributed by atoms with van der Waals surface area (Å²) < 4.78 is 5.16. The Hall–Kier alpha value is -4.04. The van der Waals surface area contributed by atoms with Crippen LogP contribution in [0.5, 0.6) is 0 Å². The lowest BCUT2D eigenvalue weighted by molar-refractivity contribution is -0.759. The van der Waals surface area contributed by atoms with Crippen LogP contribution in [0.4, 0.5) is 0 Å². The fourth-order valence-electron chi connectivity index (χ4n) is 7.33. The quantitative estimate of drug-likeness (QED) is 0.157. The van der Waals surface area contributed by atoms with Crippen LogP contribution in [-0.4, -0.2) is 0 Å². The first kappa shape index (κ1) is 29.1. The molecule has 1 aliphatic heterocycles. The third-order valence-corrected chi connectivity index (χ3v) is 9.95. The Bertz CT molecular complexity index is 1700. The highest BCUT2D eigenvalue weighted by Gasteiger charge is 2.45. The number of pyridine rings is 2. The summed E-state index contributed by atoms with van der Waals surface area (Å²) in [6.07, 6.45) is 11.6. The molecular weight excluding hydrogens is 520 g/mol. The van der Waals surface area contributed by atoms with Gasteiger partial charge in [0.1, 0.15) is 0 Å². The van der Waals surface area contributed by atoms with Crippen molar-refractivity contribution in [2.24, 2.45) is 0 Å². The number of hydrogen-bond acceptors (Lipinski definition) is 0. The van der Waals surface area contributed by atoms with E-state index in [1.54, 1.807) is 0 Å². The fourth-order valence-corrected chi connectivity index (χ4v) is 7.33. The van der Waals surface area contributed by atoms with E-state index in [-0.39, 0.29) is 5.54 Å². The van der Waals surface area contributed by atoms with E-state index >= 15 is 0 Å². The summed E-state index contributed by atoms with van der Waals surface area (Å²) in [7, 11) is 0. The Morgan fingerprint density at radius 2 is 1.47 bits per heavy atom. The molecule has 3 aromatic carbocycles. The molecule has 0 amide bonds. The molecule has 0 radical (unpaired) electrons. The molecule has 1 unspecified atom stereocenters. The molecule has 2 nitrogen and oxygen atoms in total. The topological polar surface area (TPSA) is 7.76 Å². The second-order valence-electron chi connectivity index (χ2n) is 12.4. The first-order chi connectivity index (χ1) is 21.1. The van der Waals surface area contributed by atoms with E-state index in [1.165, 1.54) is 63.2 Å². The highest BCUT2D eigenvalue weighted by atomic mass is 15.1. The van der Waals surface area contributed by atoms with Crippen LogP contribution < -0.4 is 9.13 Å². The van der Waals surface area contributed by atoms with E-state index in [0.29, 0.717) is 5.92 Å². The first-order valence-corrected chi connectivity index (χ1v) is 16.4. The summed E-state index contributed by atoms with van der Waals surface area (Å²) in [4.78, 5) is 0. The second-order valence-corrected chi connectivity index (χ2v) is 12.4. The molecule has 3 heterocycles. The molecule has 218 valence electrons. The monoisotopic (exact) mass is 566 g/mol. The summed E-state index contributed by atoms with van der Waals surface area (Å²) in [5, 5.41) is 0. The Balaban J connectivity index is 1.52. The first-order valence-electron chi connectivity index (χ1n) is 16.4. The molecule has 0 bridgehead atoms. The molecule has 0 saturated heterocycles. The van der Waals surface area contributed by atoms with E-state index in [9.17, 15) is 0 Å². The normalized spacial score (nSPS) is 15.4. The minimum absolute atomic E-state index is 0.0667. The molecule has 5 aromatic rings.